The second-order valence-corrected chi connectivity index (χ2v) is 6.32. The largest absolute Gasteiger partial charge is 0.444 e. The Hall–Kier alpha value is -0.770. The highest BCUT2D eigenvalue weighted by Crippen LogP contribution is 2.37. The second-order valence-electron chi connectivity index (χ2n) is 6.32. The molecule has 0 bridgehead atoms. The smallest absolute Gasteiger partial charge is 0.410 e. The number of hydrogen-bond acceptors (Lipinski definition) is 3. The van der Waals surface area contributed by atoms with Gasteiger partial charge in [0.1, 0.15) is 5.60 Å². The van der Waals surface area contributed by atoms with Gasteiger partial charge in [0.2, 0.25) is 0 Å². The van der Waals surface area contributed by atoms with Crippen molar-refractivity contribution in [2.45, 2.75) is 45.3 Å². The van der Waals surface area contributed by atoms with Gasteiger partial charge in [0, 0.05) is 19.6 Å². The summed E-state index contributed by atoms with van der Waals surface area (Å²) < 4.78 is 5.43. The van der Waals surface area contributed by atoms with Gasteiger partial charge in [0.05, 0.1) is 0 Å². The molecular weight excluding hydrogens is 216 g/mol. The number of fused-ring (bicyclic) bond motifs is 1. The molecule has 0 aromatic carbocycles. The number of carbonyl (C=O) groups excluding carboxylic acids is 1. The summed E-state index contributed by atoms with van der Waals surface area (Å²) in [6.45, 7) is 7.89. The number of carbonyl (C=O) groups is 1. The molecule has 1 N–H and O–H groups in total. The van der Waals surface area contributed by atoms with Crippen LogP contribution in [-0.2, 0) is 4.74 Å². The highest BCUT2D eigenvalue weighted by molar-refractivity contribution is 5.68. The molecule has 2 rings (SSSR count). The fraction of sp³-hybridized carbons (Fsp3) is 0.923. The number of ether oxygens (including phenoxy) is 1. The maximum absolute atomic E-state index is 12.0. The highest BCUT2D eigenvalue weighted by atomic mass is 16.6. The summed E-state index contributed by atoms with van der Waals surface area (Å²) >= 11 is 0. The van der Waals surface area contributed by atoms with Crippen molar-refractivity contribution in [2.24, 2.45) is 11.8 Å². The van der Waals surface area contributed by atoms with Gasteiger partial charge in [-0.3, -0.25) is 0 Å². The van der Waals surface area contributed by atoms with Crippen molar-refractivity contribution < 1.29 is 9.53 Å². The Kier molecular flexibility index (Phi) is 3.34. The van der Waals surface area contributed by atoms with Crippen LogP contribution in [0, 0.1) is 11.8 Å². The van der Waals surface area contributed by atoms with Crippen molar-refractivity contribution >= 4 is 6.09 Å². The van der Waals surface area contributed by atoms with E-state index in [0.717, 1.165) is 25.4 Å². The van der Waals surface area contributed by atoms with E-state index in [4.69, 9.17) is 4.74 Å². The van der Waals surface area contributed by atoms with Gasteiger partial charge < -0.3 is 15.0 Å². The van der Waals surface area contributed by atoms with Gasteiger partial charge in [0.15, 0.2) is 0 Å². The maximum atomic E-state index is 12.0. The fourth-order valence-electron chi connectivity index (χ4n) is 3.07. The third kappa shape index (κ3) is 2.73. The van der Waals surface area contributed by atoms with E-state index in [2.05, 4.69) is 5.32 Å². The molecule has 0 aromatic rings. The summed E-state index contributed by atoms with van der Waals surface area (Å²) in [5, 5.41) is 3.42. The molecule has 0 spiro atoms. The van der Waals surface area contributed by atoms with Crippen LogP contribution in [0.1, 0.15) is 33.6 Å². The molecule has 3 unspecified atom stereocenters. The van der Waals surface area contributed by atoms with Gasteiger partial charge >= 0.3 is 6.09 Å². The highest BCUT2D eigenvalue weighted by Gasteiger charge is 2.42. The minimum atomic E-state index is -0.405. The molecule has 1 amide bonds. The number of nitrogens with zero attached hydrogens (tertiary/aromatic N) is 1. The van der Waals surface area contributed by atoms with Crippen LogP contribution in [0.2, 0.25) is 0 Å². The number of amides is 1. The van der Waals surface area contributed by atoms with E-state index in [-0.39, 0.29) is 6.09 Å². The summed E-state index contributed by atoms with van der Waals surface area (Å²) in [6.07, 6.45) is 2.16. The van der Waals surface area contributed by atoms with Gasteiger partial charge in [-0.1, -0.05) is 0 Å². The predicted molar refractivity (Wildman–Crippen MR) is 66.9 cm³/mol. The van der Waals surface area contributed by atoms with Crippen LogP contribution in [-0.4, -0.2) is 42.8 Å². The van der Waals surface area contributed by atoms with Crippen LogP contribution in [0.25, 0.3) is 0 Å². The van der Waals surface area contributed by atoms with E-state index in [1.165, 1.54) is 6.42 Å². The van der Waals surface area contributed by atoms with E-state index in [9.17, 15) is 4.79 Å². The van der Waals surface area contributed by atoms with E-state index >= 15 is 0 Å². The summed E-state index contributed by atoms with van der Waals surface area (Å²) in [6, 6.07) is 0.352. The summed E-state index contributed by atoms with van der Waals surface area (Å²) in [5.41, 5.74) is -0.405. The SMILES string of the molecule is CN(C(=O)OC(C)(C)C)C1CCC2CNCC21. The van der Waals surface area contributed by atoms with E-state index in [1.807, 2.05) is 32.7 Å². The molecule has 1 aliphatic heterocycles. The first-order valence-electron chi connectivity index (χ1n) is 6.55. The lowest BCUT2D eigenvalue weighted by Crippen LogP contribution is -2.43. The third-order valence-electron chi connectivity index (χ3n) is 3.90. The van der Waals surface area contributed by atoms with Crippen molar-refractivity contribution in [2.75, 3.05) is 20.1 Å². The van der Waals surface area contributed by atoms with Crippen LogP contribution >= 0.6 is 0 Å². The Morgan fingerprint density at radius 3 is 2.65 bits per heavy atom. The Labute approximate surface area is 104 Å². The lowest BCUT2D eigenvalue weighted by molar-refractivity contribution is 0.0188. The molecule has 1 aliphatic carbocycles. The topological polar surface area (TPSA) is 41.6 Å². The summed E-state index contributed by atoms with van der Waals surface area (Å²) in [7, 11) is 1.87. The zero-order valence-electron chi connectivity index (χ0n) is 11.3. The van der Waals surface area contributed by atoms with Crippen molar-refractivity contribution in [1.29, 1.82) is 0 Å². The van der Waals surface area contributed by atoms with Crippen molar-refractivity contribution in [3.63, 3.8) is 0 Å². The van der Waals surface area contributed by atoms with Crippen LogP contribution in [0.5, 0.6) is 0 Å². The molecule has 98 valence electrons. The standard InChI is InChI=1S/C13H24N2O2/c1-13(2,3)17-12(16)15(4)11-6-5-9-7-14-8-10(9)11/h9-11,14H,5-8H2,1-4H3. The molecular formula is C13H24N2O2. The number of hydrogen-bond donors (Lipinski definition) is 1. The monoisotopic (exact) mass is 240 g/mol. The Bertz CT molecular complexity index is 298. The van der Waals surface area contributed by atoms with Crippen molar-refractivity contribution in [1.82, 2.24) is 10.2 Å². The first-order chi connectivity index (χ1) is 7.88. The zero-order chi connectivity index (χ0) is 12.6. The average Bonchev–Trinajstić information content (AvgIpc) is 2.74. The van der Waals surface area contributed by atoms with Gasteiger partial charge in [-0.15, -0.1) is 0 Å². The molecule has 1 saturated heterocycles. The second kappa shape index (κ2) is 4.48. The Morgan fingerprint density at radius 1 is 1.29 bits per heavy atom. The fourth-order valence-corrected chi connectivity index (χ4v) is 3.07. The lowest BCUT2D eigenvalue weighted by atomic mass is 9.97. The first kappa shape index (κ1) is 12.7. The Morgan fingerprint density at radius 2 is 2.00 bits per heavy atom. The van der Waals surface area contributed by atoms with Crippen LogP contribution in [0.15, 0.2) is 0 Å². The molecule has 0 aromatic heterocycles. The summed E-state index contributed by atoms with van der Waals surface area (Å²) in [5.74, 6) is 1.37. The average molecular weight is 240 g/mol. The molecule has 17 heavy (non-hydrogen) atoms. The Balaban J connectivity index is 1.95. The molecule has 4 heteroatoms. The number of nitrogens with one attached hydrogen (secondary N) is 1. The zero-order valence-corrected chi connectivity index (χ0v) is 11.3. The molecule has 4 nitrogen and oxygen atoms in total. The molecule has 1 heterocycles. The summed E-state index contributed by atoms with van der Waals surface area (Å²) in [4.78, 5) is 13.8. The molecule has 3 atom stereocenters. The lowest BCUT2D eigenvalue weighted by Gasteiger charge is -2.31. The minimum Gasteiger partial charge on any atom is -0.444 e. The van der Waals surface area contributed by atoms with Gasteiger partial charge in [-0.05, 0) is 52.0 Å². The van der Waals surface area contributed by atoms with Crippen molar-refractivity contribution in [3.8, 4) is 0 Å². The van der Waals surface area contributed by atoms with Crippen molar-refractivity contribution in [3.05, 3.63) is 0 Å². The van der Waals surface area contributed by atoms with Gasteiger partial charge in [0.25, 0.3) is 0 Å². The quantitative estimate of drug-likeness (QED) is 0.760. The normalized spacial score (nSPS) is 32.4. The van der Waals surface area contributed by atoms with E-state index in [1.54, 1.807) is 0 Å². The predicted octanol–water partition coefficient (Wildman–Crippen LogP) is 1.85. The molecule has 2 aliphatic rings. The van der Waals surface area contributed by atoms with Crippen LogP contribution in [0.3, 0.4) is 0 Å². The molecule has 2 fully saturated rings. The number of rotatable bonds is 1. The van der Waals surface area contributed by atoms with E-state index < -0.39 is 5.60 Å². The maximum Gasteiger partial charge on any atom is 0.410 e. The van der Waals surface area contributed by atoms with Gasteiger partial charge in [-0.25, -0.2) is 4.79 Å². The third-order valence-corrected chi connectivity index (χ3v) is 3.90. The van der Waals surface area contributed by atoms with E-state index in [0.29, 0.717) is 12.0 Å². The van der Waals surface area contributed by atoms with Crippen LogP contribution in [0.4, 0.5) is 4.79 Å². The van der Waals surface area contributed by atoms with Gasteiger partial charge in [-0.2, -0.15) is 0 Å². The molecule has 0 radical (unpaired) electrons. The minimum absolute atomic E-state index is 0.185. The van der Waals surface area contributed by atoms with Crippen LogP contribution < -0.4 is 5.32 Å². The molecule has 1 saturated carbocycles. The first-order valence-corrected chi connectivity index (χ1v) is 6.55.